The van der Waals surface area contributed by atoms with Gasteiger partial charge in [-0.1, -0.05) is 45.7 Å². The standard InChI is InChI=1S/C14H22O/c1-4-12(5-2)11-15-14-9-7-8-13(6-3)10-14/h7-10,12H,4-6,11H2,1-3H3. The third kappa shape index (κ3) is 3.94. The Morgan fingerprint density at radius 2 is 1.87 bits per heavy atom. The number of hydrogen-bond acceptors (Lipinski definition) is 1. The fourth-order valence-corrected chi connectivity index (χ4v) is 1.59. The highest BCUT2D eigenvalue weighted by atomic mass is 16.5. The molecule has 0 aliphatic heterocycles. The molecule has 0 spiro atoms. The molecular weight excluding hydrogens is 184 g/mol. The smallest absolute Gasteiger partial charge is 0.119 e. The number of hydrogen-bond donors (Lipinski definition) is 0. The van der Waals surface area contributed by atoms with Crippen LogP contribution in [0, 0.1) is 5.92 Å². The molecule has 0 heterocycles. The van der Waals surface area contributed by atoms with E-state index in [2.05, 4.69) is 39.0 Å². The molecule has 0 atom stereocenters. The number of rotatable bonds is 6. The molecule has 0 aliphatic rings. The van der Waals surface area contributed by atoms with E-state index in [0.29, 0.717) is 5.92 Å². The molecule has 0 fully saturated rings. The van der Waals surface area contributed by atoms with Crippen LogP contribution in [0.5, 0.6) is 5.75 Å². The van der Waals surface area contributed by atoms with E-state index in [1.54, 1.807) is 0 Å². The van der Waals surface area contributed by atoms with Crippen LogP contribution in [0.3, 0.4) is 0 Å². The van der Waals surface area contributed by atoms with Gasteiger partial charge in [0.05, 0.1) is 6.61 Å². The number of ether oxygens (including phenoxy) is 1. The van der Waals surface area contributed by atoms with Gasteiger partial charge in [0.25, 0.3) is 0 Å². The van der Waals surface area contributed by atoms with Crippen molar-refractivity contribution in [1.82, 2.24) is 0 Å². The Labute approximate surface area is 93.5 Å². The first-order chi connectivity index (χ1) is 7.30. The molecule has 0 saturated carbocycles. The second-order valence-corrected chi connectivity index (χ2v) is 3.99. The summed E-state index contributed by atoms with van der Waals surface area (Å²) < 4.78 is 5.79. The summed E-state index contributed by atoms with van der Waals surface area (Å²) in [7, 11) is 0. The SMILES string of the molecule is CCc1cccc(OCC(CC)CC)c1. The maximum absolute atomic E-state index is 5.79. The van der Waals surface area contributed by atoms with E-state index >= 15 is 0 Å². The van der Waals surface area contributed by atoms with Crippen molar-refractivity contribution in [2.45, 2.75) is 40.0 Å². The maximum Gasteiger partial charge on any atom is 0.119 e. The Morgan fingerprint density at radius 1 is 1.13 bits per heavy atom. The predicted molar refractivity (Wildman–Crippen MR) is 65.4 cm³/mol. The second-order valence-electron chi connectivity index (χ2n) is 3.99. The molecule has 1 rings (SSSR count). The quantitative estimate of drug-likeness (QED) is 0.682. The van der Waals surface area contributed by atoms with Gasteiger partial charge >= 0.3 is 0 Å². The summed E-state index contributed by atoms with van der Waals surface area (Å²) in [5.41, 5.74) is 1.34. The van der Waals surface area contributed by atoms with Crippen molar-refractivity contribution < 1.29 is 4.74 Å². The Balaban J connectivity index is 2.49. The predicted octanol–water partition coefficient (Wildman–Crippen LogP) is 4.06. The Bertz CT molecular complexity index is 276. The van der Waals surface area contributed by atoms with Crippen LogP contribution in [0.25, 0.3) is 0 Å². The van der Waals surface area contributed by atoms with E-state index in [0.717, 1.165) is 18.8 Å². The van der Waals surface area contributed by atoms with Crippen molar-refractivity contribution in [2.75, 3.05) is 6.61 Å². The van der Waals surface area contributed by atoms with Gasteiger partial charge in [0.2, 0.25) is 0 Å². The molecule has 0 unspecified atom stereocenters. The lowest BCUT2D eigenvalue weighted by Crippen LogP contribution is -2.10. The van der Waals surface area contributed by atoms with Crippen molar-refractivity contribution >= 4 is 0 Å². The zero-order valence-electron chi connectivity index (χ0n) is 10.1. The fraction of sp³-hybridized carbons (Fsp3) is 0.571. The first kappa shape index (κ1) is 12.1. The van der Waals surface area contributed by atoms with Gasteiger partial charge in [-0.2, -0.15) is 0 Å². The minimum absolute atomic E-state index is 0.690. The summed E-state index contributed by atoms with van der Waals surface area (Å²) in [5.74, 6) is 1.71. The van der Waals surface area contributed by atoms with Crippen molar-refractivity contribution in [1.29, 1.82) is 0 Å². The molecule has 0 radical (unpaired) electrons. The summed E-state index contributed by atoms with van der Waals surface area (Å²) in [6, 6.07) is 8.40. The minimum Gasteiger partial charge on any atom is -0.493 e. The van der Waals surface area contributed by atoms with Crippen LogP contribution in [0.1, 0.15) is 39.2 Å². The normalized spacial score (nSPS) is 10.7. The van der Waals surface area contributed by atoms with E-state index in [4.69, 9.17) is 4.74 Å². The molecule has 0 amide bonds. The van der Waals surface area contributed by atoms with E-state index in [1.165, 1.54) is 18.4 Å². The third-order valence-electron chi connectivity index (χ3n) is 2.95. The first-order valence-electron chi connectivity index (χ1n) is 6.01. The molecule has 1 nitrogen and oxygen atoms in total. The molecule has 0 aromatic heterocycles. The lowest BCUT2D eigenvalue weighted by Gasteiger charge is -2.14. The van der Waals surface area contributed by atoms with Gasteiger partial charge in [-0.25, -0.2) is 0 Å². The highest BCUT2D eigenvalue weighted by Gasteiger charge is 2.04. The lowest BCUT2D eigenvalue weighted by molar-refractivity contribution is 0.240. The molecule has 1 aromatic rings. The van der Waals surface area contributed by atoms with Crippen molar-refractivity contribution in [3.8, 4) is 5.75 Å². The van der Waals surface area contributed by atoms with E-state index in [9.17, 15) is 0 Å². The molecule has 0 N–H and O–H groups in total. The van der Waals surface area contributed by atoms with Crippen LogP contribution in [0.4, 0.5) is 0 Å². The van der Waals surface area contributed by atoms with Gasteiger partial charge in [-0.15, -0.1) is 0 Å². The molecule has 0 aliphatic carbocycles. The zero-order valence-corrected chi connectivity index (χ0v) is 10.1. The van der Waals surface area contributed by atoms with Crippen LogP contribution in [0.15, 0.2) is 24.3 Å². The highest BCUT2D eigenvalue weighted by molar-refractivity contribution is 5.28. The van der Waals surface area contributed by atoms with E-state index in [-0.39, 0.29) is 0 Å². The first-order valence-corrected chi connectivity index (χ1v) is 6.01. The van der Waals surface area contributed by atoms with Crippen LogP contribution in [-0.2, 0) is 6.42 Å². The minimum atomic E-state index is 0.690. The average molecular weight is 206 g/mol. The van der Waals surface area contributed by atoms with E-state index in [1.807, 2.05) is 6.07 Å². The van der Waals surface area contributed by atoms with Crippen molar-refractivity contribution in [2.24, 2.45) is 5.92 Å². The largest absolute Gasteiger partial charge is 0.493 e. The average Bonchev–Trinajstić information content (AvgIpc) is 2.31. The third-order valence-corrected chi connectivity index (χ3v) is 2.95. The highest BCUT2D eigenvalue weighted by Crippen LogP contribution is 2.16. The molecule has 0 saturated heterocycles. The summed E-state index contributed by atoms with van der Waals surface area (Å²) in [6.45, 7) is 7.46. The van der Waals surface area contributed by atoms with Crippen LogP contribution < -0.4 is 4.74 Å². The molecular formula is C14H22O. The van der Waals surface area contributed by atoms with Gasteiger partial charge in [0, 0.05) is 0 Å². The lowest BCUT2D eigenvalue weighted by atomic mass is 10.1. The fourth-order valence-electron chi connectivity index (χ4n) is 1.59. The van der Waals surface area contributed by atoms with Crippen LogP contribution >= 0.6 is 0 Å². The van der Waals surface area contributed by atoms with Crippen LogP contribution in [-0.4, -0.2) is 6.61 Å². The summed E-state index contributed by atoms with van der Waals surface area (Å²) >= 11 is 0. The zero-order chi connectivity index (χ0) is 11.1. The van der Waals surface area contributed by atoms with Crippen molar-refractivity contribution in [3.63, 3.8) is 0 Å². The Morgan fingerprint density at radius 3 is 2.47 bits per heavy atom. The summed E-state index contributed by atoms with van der Waals surface area (Å²) in [5, 5.41) is 0. The van der Waals surface area contributed by atoms with Gasteiger partial charge in [-0.05, 0) is 30.0 Å². The number of aryl methyl sites for hydroxylation is 1. The maximum atomic E-state index is 5.79. The molecule has 0 bridgehead atoms. The van der Waals surface area contributed by atoms with Crippen molar-refractivity contribution in [3.05, 3.63) is 29.8 Å². The van der Waals surface area contributed by atoms with Gasteiger partial charge < -0.3 is 4.74 Å². The Kier molecular flexibility index (Phi) is 5.23. The van der Waals surface area contributed by atoms with Crippen LogP contribution in [0.2, 0.25) is 0 Å². The molecule has 15 heavy (non-hydrogen) atoms. The van der Waals surface area contributed by atoms with Gasteiger partial charge in [-0.3, -0.25) is 0 Å². The summed E-state index contributed by atoms with van der Waals surface area (Å²) in [4.78, 5) is 0. The second kappa shape index (κ2) is 6.49. The van der Waals surface area contributed by atoms with E-state index < -0.39 is 0 Å². The Hall–Kier alpha value is -0.980. The monoisotopic (exact) mass is 206 g/mol. The molecule has 84 valence electrons. The molecule has 1 heteroatoms. The van der Waals surface area contributed by atoms with Gasteiger partial charge in [0.15, 0.2) is 0 Å². The van der Waals surface area contributed by atoms with Gasteiger partial charge in [0.1, 0.15) is 5.75 Å². The number of benzene rings is 1. The summed E-state index contributed by atoms with van der Waals surface area (Å²) in [6.07, 6.45) is 3.47. The molecule has 1 aromatic carbocycles. The topological polar surface area (TPSA) is 9.23 Å².